The summed E-state index contributed by atoms with van der Waals surface area (Å²) in [6.07, 6.45) is 0.472. The first-order valence-corrected chi connectivity index (χ1v) is 10.6. The molecule has 1 atom stereocenters. The van der Waals surface area contributed by atoms with E-state index >= 15 is 0 Å². The highest BCUT2D eigenvalue weighted by Crippen LogP contribution is 2.38. The van der Waals surface area contributed by atoms with Crippen LogP contribution in [0.3, 0.4) is 0 Å². The number of carbonyl (C=O) groups excluding carboxylic acids is 2. The Hall–Kier alpha value is -3.28. The summed E-state index contributed by atoms with van der Waals surface area (Å²) in [5.41, 5.74) is 4.74. The summed E-state index contributed by atoms with van der Waals surface area (Å²) in [6, 6.07) is 13.0. The van der Waals surface area contributed by atoms with Gasteiger partial charge in [0.1, 0.15) is 11.8 Å². The number of nitrogens with zero attached hydrogens (tertiary/aromatic N) is 2. The zero-order chi connectivity index (χ0) is 22.3. The molecule has 6 heteroatoms. The zero-order valence-corrected chi connectivity index (χ0v) is 18.7. The van der Waals surface area contributed by atoms with Gasteiger partial charge in [-0.3, -0.25) is 9.59 Å². The number of anilines is 1. The fraction of sp³-hybridized carbons (Fsp3) is 0.360. The van der Waals surface area contributed by atoms with Crippen molar-refractivity contribution < 1.29 is 14.3 Å². The van der Waals surface area contributed by atoms with E-state index in [0.717, 1.165) is 33.6 Å². The van der Waals surface area contributed by atoms with Gasteiger partial charge < -0.3 is 19.5 Å². The van der Waals surface area contributed by atoms with Gasteiger partial charge in [-0.1, -0.05) is 26.0 Å². The molecule has 1 aliphatic rings. The lowest BCUT2D eigenvalue weighted by atomic mass is 9.97. The molecule has 0 spiro atoms. The number of carbonyl (C=O) groups is 2. The number of hydrogen-bond acceptors (Lipinski definition) is 3. The SMILES string of the molecule is COc1ccc2c(c1)c(C(C(=O)Nc1ccc(C(C)C)cc1)N1CCC1=O)c(C)n2C. The van der Waals surface area contributed by atoms with E-state index < -0.39 is 6.04 Å². The highest BCUT2D eigenvalue weighted by atomic mass is 16.5. The molecule has 6 nitrogen and oxygen atoms in total. The number of ether oxygens (including phenoxy) is 1. The summed E-state index contributed by atoms with van der Waals surface area (Å²) in [7, 11) is 3.60. The Morgan fingerprint density at radius 1 is 1.13 bits per heavy atom. The van der Waals surface area contributed by atoms with Crippen LogP contribution >= 0.6 is 0 Å². The molecule has 2 amide bonds. The average molecular weight is 420 g/mol. The van der Waals surface area contributed by atoms with Gasteiger partial charge in [0, 0.05) is 47.9 Å². The molecule has 1 unspecified atom stereocenters. The first kappa shape index (κ1) is 21.0. The van der Waals surface area contributed by atoms with Crippen LogP contribution in [-0.4, -0.2) is 34.9 Å². The van der Waals surface area contributed by atoms with E-state index in [9.17, 15) is 9.59 Å². The second kappa shape index (κ2) is 8.10. The highest BCUT2D eigenvalue weighted by Gasteiger charge is 2.39. The molecule has 2 heterocycles. The monoisotopic (exact) mass is 419 g/mol. The topological polar surface area (TPSA) is 63.6 Å². The molecular formula is C25H29N3O3. The molecule has 3 aromatic rings. The maximum absolute atomic E-state index is 13.5. The van der Waals surface area contributed by atoms with Gasteiger partial charge in [0.05, 0.1) is 7.11 Å². The van der Waals surface area contributed by atoms with E-state index in [1.54, 1.807) is 12.0 Å². The number of methoxy groups -OCH3 is 1. The third kappa shape index (κ3) is 3.67. The van der Waals surface area contributed by atoms with Crippen molar-refractivity contribution in [3.63, 3.8) is 0 Å². The first-order chi connectivity index (χ1) is 14.8. The smallest absolute Gasteiger partial charge is 0.251 e. The van der Waals surface area contributed by atoms with E-state index in [2.05, 4.69) is 23.7 Å². The Morgan fingerprint density at radius 2 is 1.84 bits per heavy atom. The molecule has 0 bridgehead atoms. The molecule has 1 fully saturated rings. The molecule has 1 N–H and O–H groups in total. The Labute approximate surface area is 182 Å². The van der Waals surface area contributed by atoms with Crippen LogP contribution in [0.2, 0.25) is 0 Å². The predicted molar refractivity (Wildman–Crippen MR) is 122 cm³/mol. The quantitative estimate of drug-likeness (QED) is 0.597. The predicted octanol–water partition coefficient (Wildman–Crippen LogP) is 4.53. The maximum atomic E-state index is 13.5. The van der Waals surface area contributed by atoms with Crippen molar-refractivity contribution in [1.82, 2.24) is 9.47 Å². The minimum absolute atomic E-state index is 0.00500. The third-order valence-electron chi connectivity index (χ3n) is 6.31. The van der Waals surface area contributed by atoms with Crippen molar-refractivity contribution in [1.29, 1.82) is 0 Å². The molecule has 1 aromatic heterocycles. The minimum atomic E-state index is -0.693. The fourth-order valence-corrected chi connectivity index (χ4v) is 4.25. The van der Waals surface area contributed by atoms with Gasteiger partial charge in [0.15, 0.2) is 0 Å². The molecule has 0 radical (unpaired) electrons. The minimum Gasteiger partial charge on any atom is -0.497 e. The summed E-state index contributed by atoms with van der Waals surface area (Å²) >= 11 is 0. The third-order valence-corrected chi connectivity index (χ3v) is 6.31. The normalized spacial score (nSPS) is 14.6. The van der Waals surface area contributed by atoms with Gasteiger partial charge in [-0.15, -0.1) is 0 Å². The number of nitrogens with one attached hydrogen (secondary N) is 1. The Bertz CT molecular complexity index is 1150. The highest BCUT2D eigenvalue weighted by molar-refractivity contribution is 6.02. The van der Waals surface area contributed by atoms with Crippen molar-refractivity contribution in [2.45, 2.75) is 39.2 Å². The number of aromatic nitrogens is 1. The molecule has 1 saturated heterocycles. The van der Waals surface area contributed by atoms with Gasteiger partial charge >= 0.3 is 0 Å². The first-order valence-electron chi connectivity index (χ1n) is 10.6. The molecule has 0 saturated carbocycles. The van der Waals surface area contributed by atoms with Gasteiger partial charge in [0.2, 0.25) is 5.91 Å². The largest absolute Gasteiger partial charge is 0.497 e. The molecule has 1 aliphatic heterocycles. The van der Waals surface area contributed by atoms with E-state index in [1.807, 2.05) is 56.4 Å². The number of amides is 2. The van der Waals surface area contributed by atoms with E-state index in [0.29, 0.717) is 18.9 Å². The lowest BCUT2D eigenvalue weighted by molar-refractivity contribution is -0.147. The summed E-state index contributed by atoms with van der Waals surface area (Å²) in [6.45, 7) is 6.83. The molecule has 2 aromatic carbocycles. The Morgan fingerprint density at radius 3 is 2.39 bits per heavy atom. The molecular weight excluding hydrogens is 390 g/mol. The molecule has 31 heavy (non-hydrogen) atoms. The number of fused-ring (bicyclic) bond motifs is 1. The Balaban J connectivity index is 1.76. The number of benzene rings is 2. The zero-order valence-electron chi connectivity index (χ0n) is 18.7. The van der Waals surface area contributed by atoms with Crippen LogP contribution in [0, 0.1) is 6.92 Å². The second-order valence-electron chi connectivity index (χ2n) is 8.45. The van der Waals surface area contributed by atoms with Gasteiger partial charge in [-0.2, -0.15) is 0 Å². The lowest BCUT2D eigenvalue weighted by Gasteiger charge is -2.37. The summed E-state index contributed by atoms with van der Waals surface area (Å²) in [5, 5.41) is 3.96. The van der Waals surface area contributed by atoms with E-state index in [4.69, 9.17) is 4.74 Å². The van der Waals surface area contributed by atoms with Gasteiger partial charge in [-0.25, -0.2) is 0 Å². The summed E-state index contributed by atoms with van der Waals surface area (Å²) in [5.74, 6) is 0.931. The number of hydrogen-bond donors (Lipinski definition) is 1. The van der Waals surface area contributed by atoms with Crippen LogP contribution in [-0.2, 0) is 16.6 Å². The van der Waals surface area contributed by atoms with E-state index in [1.165, 1.54) is 5.56 Å². The Kier molecular flexibility index (Phi) is 5.48. The molecule has 162 valence electrons. The number of aryl methyl sites for hydroxylation is 1. The van der Waals surface area contributed by atoms with Crippen LogP contribution in [0.25, 0.3) is 10.9 Å². The maximum Gasteiger partial charge on any atom is 0.251 e. The van der Waals surface area contributed by atoms with Gasteiger partial charge in [0.25, 0.3) is 5.91 Å². The van der Waals surface area contributed by atoms with Crippen molar-refractivity contribution in [3.05, 3.63) is 59.3 Å². The van der Waals surface area contributed by atoms with Crippen LogP contribution in [0.15, 0.2) is 42.5 Å². The molecule has 4 rings (SSSR count). The standard InChI is InChI=1S/C25H29N3O3/c1-15(2)17-6-8-18(9-7-17)26-25(30)24(28-13-12-22(28)29)23-16(3)27(4)21-11-10-19(31-5)14-20(21)23/h6-11,14-15,24H,12-13H2,1-5H3,(H,26,30). The van der Waals surface area contributed by atoms with Crippen molar-refractivity contribution >= 4 is 28.4 Å². The van der Waals surface area contributed by atoms with Gasteiger partial charge in [-0.05, 0) is 48.7 Å². The number of rotatable bonds is 6. The van der Waals surface area contributed by atoms with Crippen molar-refractivity contribution in [2.75, 3.05) is 19.0 Å². The van der Waals surface area contributed by atoms with Crippen molar-refractivity contribution in [2.24, 2.45) is 7.05 Å². The lowest BCUT2D eigenvalue weighted by Crippen LogP contribution is -2.49. The van der Waals surface area contributed by atoms with E-state index in [-0.39, 0.29) is 11.8 Å². The van der Waals surface area contributed by atoms with Crippen LogP contribution in [0.4, 0.5) is 5.69 Å². The van der Waals surface area contributed by atoms with Crippen LogP contribution < -0.4 is 10.1 Å². The van der Waals surface area contributed by atoms with Crippen LogP contribution in [0.1, 0.15) is 49.0 Å². The fourth-order valence-electron chi connectivity index (χ4n) is 4.25. The summed E-state index contributed by atoms with van der Waals surface area (Å²) in [4.78, 5) is 27.6. The average Bonchev–Trinajstić information content (AvgIpc) is 3.00. The second-order valence-corrected chi connectivity index (χ2v) is 8.45. The number of β-lactam (4-membered cyclic amide) rings is 1. The van der Waals surface area contributed by atoms with Crippen LogP contribution in [0.5, 0.6) is 5.75 Å². The molecule has 0 aliphatic carbocycles. The summed E-state index contributed by atoms with van der Waals surface area (Å²) < 4.78 is 7.49. The number of likely N-dealkylation sites (tertiary alicyclic amines) is 1. The van der Waals surface area contributed by atoms with Crippen molar-refractivity contribution in [3.8, 4) is 5.75 Å².